The molecule has 18 heavy (non-hydrogen) atoms. The van der Waals surface area contributed by atoms with E-state index in [1.165, 1.54) is 18.3 Å². The van der Waals surface area contributed by atoms with Crippen molar-refractivity contribution < 1.29 is 23.7 Å². The Morgan fingerprint density at radius 2 is 1.83 bits per heavy atom. The van der Waals surface area contributed by atoms with Gasteiger partial charge in [-0.1, -0.05) is 11.6 Å². The average molecular weight is 297 g/mol. The molecule has 0 aromatic carbocycles. The van der Waals surface area contributed by atoms with Crippen molar-refractivity contribution in [3.63, 3.8) is 0 Å². The first-order chi connectivity index (χ1) is 8.40. The topological polar surface area (TPSA) is 120 Å². The molecule has 0 aliphatic rings. The molecule has 0 fully saturated rings. The lowest BCUT2D eigenvalue weighted by atomic mass is 10.1. The molecule has 0 spiro atoms. The summed E-state index contributed by atoms with van der Waals surface area (Å²) in [4.78, 5) is 3.31. The first kappa shape index (κ1) is 15.3. The van der Waals surface area contributed by atoms with E-state index in [-0.39, 0.29) is 10.0 Å². The summed E-state index contributed by atoms with van der Waals surface area (Å²) in [6.07, 6.45) is 1.32. The monoisotopic (exact) mass is 296 g/mol. The smallest absolute Gasteiger partial charge is 0.244 e. The summed E-state index contributed by atoms with van der Waals surface area (Å²) in [6.45, 7) is -2.30. The second-order valence-electron chi connectivity index (χ2n) is 3.65. The van der Waals surface area contributed by atoms with E-state index in [0.717, 1.165) is 0 Å². The van der Waals surface area contributed by atoms with Crippen LogP contribution in [0.1, 0.15) is 0 Å². The highest BCUT2D eigenvalue weighted by Crippen LogP contribution is 2.19. The lowest BCUT2D eigenvalue weighted by Crippen LogP contribution is -2.56. The third kappa shape index (κ3) is 3.16. The molecule has 0 aliphatic heterocycles. The molecule has 0 saturated carbocycles. The summed E-state index contributed by atoms with van der Waals surface area (Å²) in [5.74, 6) is 0. The van der Waals surface area contributed by atoms with Crippen molar-refractivity contribution >= 4 is 21.6 Å². The quantitative estimate of drug-likeness (QED) is 0.486. The highest BCUT2D eigenvalue weighted by atomic mass is 35.5. The average Bonchev–Trinajstić information content (AvgIpc) is 2.36. The van der Waals surface area contributed by atoms with Gasteiger partial charge in [-0.2, -0.15) is 4.72 Å². The Balaban J connectivity index is 3.13. The molecule has 1 aromatic heterocycles. The van der Waals surface area contributed by atoms with Gasteiger partial charge in [-0.05, 0) is 12.1 Å². The van der Waals surface area contributed by atoms with Gasteiger partial charge in [0.2, 0.25) is 10.0 Å². The van der Waals surface area contributed by atoms with Crippen LogP contribution in [0.15, 0.2) is 23.2 Å². The molecule has 0 radical (unpaired) electrons. The third-order valence-electron chi connectivity index (χ3n) is 2.27. The molecule has 1 heterocycles. The molecule has 9 heteroatoms. The van der Waals surface area contributed by atoms with E-state index in [1.54, 1.807) is 0 Å². The standard InChI is InChI=1S/C9H13ClN2O5S/c10-8-7(2-1-3-11-8)18(16,17)12-9(4-13,5-14)6-15/h1-3,12-15H,4-6H2. The first-order valence-corrected chi connectivity index (χ1v) is 6.74. The Labute approximate surface area is 109 Å². The van der Waals surface area contributed by atoms with E-state index in [4.69, 9.17) is 26.9 Å². The van der Waals surface area contributed by atoms with Gasteiger partial charge in [0.1, 0.15) is 15.6 Å². The number of hydrogen-bond acceptors (Lipinski definition) is 6. The SMILES string of the molecule is O=S(=O)(NC(CO)(CO)CO)c1cccnc1Cl. The molecule has 0 aliphatic carbocycles. The van der Waals surface area contributed by atoms with Gasteiger partial charge < -0.3 is 15.3 Å². The molecule has 1 rings (SSSR count). The van der Waals surface area contributed by atoms with E-state index in [9.17, 15) is 8.42 Å². The maximum absolute atomic E-state index is 12.0. The number of aromatic nitrogens is 1. The zero-order valence-corrected chi connectivity index (χ0v) is 10.8. The summed E-state index contributed by atoms with van der Waals surface area (Å²) < 4.78 is 26.0. The Kier molecular flexibility index (Phi) is 5.02. The van der Waals surface area contributed by atoms with Gasteiger partial charge in [0.25, 0.3) is 0 Å². The van der Waals surface area contributed by atoms with Gasteiger partial charge in [0.15, 0.2) is 0 Å². The van der Waals surface area contributed by atoms with Gasteiger partial charge in [0.05, 0.1) is 19.8 Å². The Morgan fingerprint density at radius 3 is 2.28 bits per heavy atom. The molecule has 0 bridgehead atoms. The van der Waals surface area contributed by atoms with E-state index in [0.29, 0.717) is 0 Å². The van der Waals surface area contributed by atoms with Gasteiger partial charge in [-0.3, -0.25) is 0 Å². The predicted octanol–water partition coefficient (Wildman–Crippen LogP) is -1.27. The lowest BCUT2D eigenvalue weighted by Gasteiger charge is -2.28. The fourth-order valence-electron chi connectivity index (χ4n) is 1.16. The number of nitrogens with one attached hydrogen (secondary N) is 1. The van der Waals surface area contributed by atoms with Crippen LogP contribution >= 0.6 is 11.6 Å². The summed E-state index contributed by atoms with van der Waals surface area (Å²) in [6, 6.07) is 2.59. The fraction of sp³-hybridized carbons (Fsp3) is 0.444. The van der Waals surface area contributed by atoms with Crippen LogP contribution in [-0.4, -0.2) is 54.1 Å². The van der Waals surface area contributed by atoms with Crippen LogP contribution in [-0.2, 0) is 10.0 Å². The third-order valence-corrected chi connectivity index (χ3v) is 4.30. The second-order valence-corrected chi connectivity index (χ2v) is 5.66. The minimum atomic E-state index is -4.11. The van der Waals surface area contributed by atoms with Crippen molar-refractivity contribution in [2.45, 2.75) is 10.4 Å². The van der Waals surface area contributed by atoms with E-state index >= 15 is 0 Å². The zero-order valence-electron chi connectivity index (χ0n) is 9.24. The Bertz CT molecular complexity index is 495. The van der Waals surface area contributed by atoms with Crippen LogP contribution in [0.2, 0.25) is 5.15 Å². The van der Waals surface area contributed by atoms with Crippen LogP contribution in [0, 0.1) is 0 Å². The number of pyridine rings is 1. The van der Waals surface area contributed by atoms with Gasteiger partial charge >= 0.3 is 0 Å². The van der Waals surface area contributed by atoms with Crippen LogP contribution in [0.5, 0.6) is 0 Å². The maximum Gasteiger partial charge on any atom is 0.244 e. The zero-order chi connectivity index (χ0) is 13.8. The summed E-state index contributed by atoms with van der Waals surface area (Å²) >= 11 is 5.65. The number of rotatable bonds is 6. The highest BCUT2D eigenvalue weighted by molar-refractivity contribution is 7.89. The molecule has 102 valence electrons. The van der Waals surface area contributed by atoms with E-state index in [1.807, 2.05) is 4.72 Å². The fourth-order valence-corrected chi connectivity index (χ4v) is 2.99. The van der Waals surface area contributed by atoms with E-state index < -0.39 is 35.4 Å². The highest BCUT2D eigenvalue weighted by Gasteiger charge is 2.34. The number of hydrogen-bond donors (Lipinski definition) is 4. The van der Waals surface area contributed by atoms with Gasteiger partial charge in [-0.25, -0.2) is 13.4 Å². The van der Waals surface area contributed by atoms with Crippen molar-refractivity contribution in [2.75, 3.05) is 19.8 Å². The molecule has 0 amide bonds. The lowest BCUT2D eigenvalue weighted by molar-refractivity contribution is 0.0582. The van der Waals surface area contributed by atoms with Crippen LogP contribution < -0.4 is 4.72 Å². The van der Waals surface area contributed by atoms with Crippen molar-refractivity contribution in [1.29, 1.82) is 0 Å². The molecule has 7 nitrogen and oxygen atoms in total. The minimum absolute atomic E-state index is 0.243. The number of sulfonamides is 1. The molecule has 4 N–H and O–H groups in total. The summed E-state index contributed by atoms with van der Waals surface area (Å²) in [5, 5.41) is 26.9. The van der Waals surface area contributed by atoms with Gasteiger partial charge in [-0.15, -0.1) is 0 Å². The number of aliphatic hydroxyl groups excluding tert-OH is 3. The van der Waals surface area contributed by atoms with Crippen LogP contribution in [0.3, 0.4) is 0 Å². The number of halogens is 1. The normalized spacial score (nSPS) is 12.7. The van der Waals surface area contributed by atoms with Crippen molar-refractivity contribution in [3.05, 3.63) is 23.5 Å². The van der Waals surface area contributed by atoms with Crippen LogP contribution in [0.25, 0.3) is 0 Å². The van der Waals surface area contributed by atoms with Crippen molar-refractivity contribution in [2.24, 2.45) is 0 Å². The maximum atomic E-state index is 12.0. The summed E-state index contributed by atoms with van der Waals surface area (Å²) in [7, 11) is -4.11. The minimum Gasteiger partial charge on any atom is -0.394 e. The Morgan fingerprint density at radius 1 is 1.28 bits per heavy atom. The van der Waals surface area contributed by atoms with Crippen molar-refractivity contribution in [3.8, 4) is 0 Å². The van der Waals surface area contributed by atoms with Crippen LogP contribution in [0.4, 0.5) is 0 Å². The molecule has 1 aromatic rings. The largest absolute Gasteiger partial charge is 0.394 e. The predicted molar refractivity (Wildman–Crippen MR) is 63.6 cm³/mol. The van der Waals surface area contributed by atoms with E-state index in [2.05, 4.69) is 4.98 Å². The van der Waals surface area contributed by atoms with Gasteiger partial charge in [0, 0.05) is 6.20 Å². The molecular formula is C9H13ClN2O5S. The molecule has 0 atom stereocenters. The first-order valence-electron chi connectivity index (χ1n) is 4.88. The Hall–Kier alpha value is -0.770. The second kappa shape index (κ2) is 5.91. The number of nitrogens with zero attached hydrogens (tertiary/aromatic N) is 1. The molecule has 0 saturated heterocycles. The molecular weight excluding hydrogens is 284 g/mol. The molecule has 0 unspecified atom stereocenters. The summed E-state index contributed by atoms with van der Waals surface area (Å²) in [5.41, 5.74) is -1.75. The number of aliphatic hydroxyl groups is 3. The van der Waals surface area contributed by atoms with Crippen molar-refractivity contribution in [1.82, 2.24) is 9.71 Å².